The third-order valence-electron chi connectivity index (χ3n) is 3.03. The summed E-state index contributed by atoms with van der Waals surface area (Å²) in [5.74, 6) is -0.0714. The number of carbonyl (C=O) groups excluding carboxylic acids is 2. The highest BCUT2D eigenvalue weighted by molar-refractivity contribution is 6.04. The van der Waals surface area contributed by atoms with E-state index in [1.807, 2.05) is 13.8 Å². The molecule has 0 bridgehead atoms. The highest BCUT2D eigenvalue weighted by atomic mass is 16.5. The summed E-state index contributed by atoms with van der Waals surface area (Å²) in [5.41, 5.74) is 0.597. The van der Waals surface area contributed by atoms with Gasteiger partial charge < -0.3 is 19.5 Å². The second-order valence-corrected chi connectivity index (χ2v) is 5.28. The van der Waals surface area contributed by atoms with Crippen molar-refractivity contribution in [3.63, 3.8) is 0 Å². The van der Waals surface area contributed by atoms with Crippen LogP contribution in [0.2, 0.25) is 0 Å². The molecule has 0 unspecified atom stereocenters. The highest BCUT2D eigenvalue weighted by Gasteiger charge is 2.13. The van der Waals surface area contributed by atoms with Gasteiger partial charge >= 0.3 is 5.97 Å². The molecular formula is C17H19N3O5. The lowest BCUT2D eigenvalue weighted by atomic mass is 10.2. The first-order valence-corrected chi connectivity index (χ1v) is 7.51. The lowest BCUT2D eigenvalue weighted by Crippen LogP contribution is -2.15. The van der Waals surface area contributed by atoms with Gasteiger partial charge in [0.2, 0.25) is 11.8 Å². The van der Waals surface area contributed by atoms with Crippen molar-refractivity contribution in [1.29, 1.82) is 0 Å². The number of aromatic nitrogens is 2. The van der Waals surface area contributed by atoms with Gasteiger partial charge in [-0.25, -0.2) is 9.78 Å². The van der Waals surface area contributed by atoms with Gasteiger partial charge in [0.15, 0.2) is 0 Å². The van der Waals surface area contributed by atoms with Crippen LogP contribution in [0.1, 0.15) is 34.6 Å². The number of nitrogens with zero attached hydrogens (tertiary/aromatic N) is 2. The van der Waals surface area contributed by atoms with Crippen LogP contribution in [0.3, 0.4) is 0 Å². The van der Waals surface area contributed by atoms with Crippen molar-refractivity contribution >= 4 is 17.7 Å². The average Bonchev–Trinajstić information content (AvgIpc) is 2.60. The summed E-state index contributed by atoms with van der Waals surface area (Å²) < 4.78 is 15.2. The lowest BCUT2D eigenvalue weighted by molar-refractivity contribution is 0.0600. The molecule has 0 saturated carbocycles. The van der Waals surface area contributed by atoms with Crippen molar-refractivity contribution in [1.82, 2.24) is 9.97 Å². The molecule has 132 valence electrons. The van der Waals surface area contributed by atoms with Crippen molar-refractivity contribution in [3.05, 3.63) is 41.6 Å². The number of pyridine rings is 2. The Labute approximate surface area is 145 Å². The van der Waals surface area contributed by atoms with Crippen LogP contribution in [0.15, 0.2) is 30.5 Å². The molecule has 0 aliphatic rings. The molecule has 2 heterocycles. The molecule has 0 fully saturated rings. The summed E-state index contributed by atoms with van der Waals surface area (Å²) in [7, 11) is 2.74. The van der Waals surface area contributed by atoms with Crippen LogP contribution in [0.4, 0.5) is 5.82 Å². The fourth-order valence-corrected chi connectivity index (χ4v) is 1.91. The number of nitrogens with one attached hydrogen (secondary N) is 1. The predicted molar refractivity (Wildman–Crippen MR) is 90.1 cm³/mol. The van der Waals surface area contributed by atoms with Gasteiger partial charge in [0.1, 0.15) is 5.82 Å². The fourth-order valence-electron chi connectivity index (χ4n) is 1.91. The Morgan fingerprint density at radius 3 is 2.36 bits per heavy atom. The molecule has 0 spiro atoms. The molecule has 0 radical (unpaired) electrons. The van der Waals surface area contributed by atoms with E-state index in [4.69, 9.17) is 9.47 Å². The number of methoxy groups -OCH3 is 2. The minimum Gasteiger partial charge on any atom is -0.481 e. The molecular weight excluding hydrogens is 326 g/mol. The maximum absolute atomic E-state index is 12.4. The molecule has 0 aromatic carbocycles. The van der Waals surface area contributed by atoms with Crippen LogP contribution in [0.5, 0.6) is 11.8 Å². The van der Waals surface area contributed by atoms with Gasteiger partial charge in [-0.1, -0.05) is 0 Å². The molecule has 0 saturated heterocycles. The minimum atomic E-state index is -0.500. The van der Waals surface area contributed by atoms with E-state index in [0.717, 1.165) is 0 Å². The van der Waals surface area contributed by atoms with Crippen molar-refractivity contribution in [2.45, 2.75) is 20.0 Å². The van der Waals surface area contributed by atoms with Crippen molar-refractivity contribution < 1.29 is 23.8 Å². The van der Waals surface area contributed by atoms with Crippen LogP contribution >= 0.6 is 0 Å². The molecule has 8 nitrogen and oxygen atoms in total. The summed E-state index contributed by atoms with van der Waals surface area (Å²) in [6, 6.07) is 6.02. The van der Waals surface area contributed by atoms with E-state index in [1.54, 1.807) is 0 Å². The minimum absolute atomic E-state index is 0.0944. The number of carbonyl (C=O) groups is 2. The van der Waals surface area contributed by atoms with Crippen LogP contribution in [0.25, 0.3) is 0 Å². The van der Waals surface area contributed by atoms with Gasteiger partial charge in [0, 0.05) is 18.3 Å². The maximum Gasteiger partial charge on any atom is 0.339 e. The second-order valence-electron chi connectivity index (χ2n) is 5.28. The molecule has 1 N–H and O–H groups in total. The first-order valence-electron chi connectivity index (χ1n) is 7.51. The first-order chi connectivity index (χ1) is 11.9. The summed E-state index contributed by atoms with van der Waals surface area (Å²) in [6.07, 6.45) is 1.23. The molecule has 2 aromatic rings. The van der Waals surface area contributed by atoms with Crippen LogP contribution in [0, 0.1) is 0 Å². The Bertz CT molecular complexity index is 759. The average molecular weight is 345 g/mol. The number of hydrogen-bond donors (Lipinski definition) is 1. The van der Waals surface area contributed by atoms with E-state index < -0.39 is 11.9 Å². The first kappa shape index (κ1) is 18.2. The van der Waals surface area contributed by atoms with Gasteiger partial charge in [-0.3, -0.25) is 4.79 Å². The summed E-state index contributed by atoms with van der Waals surface area (Å²) in [5, 5.41) is 2.63. The van der Waals surface area contributed by atoms with Gasteiger partial charge in [0.25, 0.3) is 5.91 Å². The van der Waals surface area contributed by atoms with Crippen molar-refractivity contribution in [3.8, 4) is 11.8 Å². The number of amides is 1. The predicted octanol–water partition coefficient (Wildman–Crippen LogP) is 2.31. The fraction of sp³-hybridized carbons (Fsp3) is 0.294. The molecule has 1 amide bonds. The Balaban J connectivity index is 2.18. The number of anilines is 1. The SMILES string of the molecule is COC(=O)c1ccc(NC(=O)c2cc(OC)nc(OC(C)C)c2)nc1. The molecule has 2 aromatic heterocycles. The zero-order chi connectivity index (χ0) is 18.4. The summed E-state index contributed by atoms with van der Waals surface area (Å²) in [4.78, 5) is 31.9. The Morgan fingerprint density at radius 1 is 1.08 bits per heavy atom. The van der Waals surface area contributed by atoms with Crippen LogP contribution < -0.4 is 14.8 Å². The Kier molecular flexibility index (Phi) is 5.89. The molecule has 0 aliphatic carbocycles. The van der Waals surface area contributed by atoms with Gasteiger partial charge in [-0.05, 0) is 26.0 Å². The molecule has 25 heavy (non-hydrogen) atoms. The molecule has 0 aliphatic heterocycles. The molecule has 8 heteroatoms. The third-order valence-corrected chi connectivity index (χ3v) is 3.03. The number of ether oxygens (including phenoxy) is 3. The monoisotopic (exact) mass is 345 g/mol. The quantitative estimate of drug-likeness (QED) is 0.802. The Morgan fingerprint density at radius 2 is 1.80 bits per heavy atom. The number of esters is 1. The standard InChI is InChI=1S/C17H19N3O5/c1-10(2)25-15-8-12(7-14(20-15)23-3)16(21)19-13-6-5-11(9-18-13)17(22)24-4/h5-10H,1-4H3,(H,18,19,21). The zero-order valence-corrected chi connectivity index (χ0v) is 14.4. The van der Waals surface area contributed by atoms with Gasteiger partial charge in [-0.15, -0.1) is 0 Å². The highest BCUT2D eigenvalue weighted by Crippen LogP contribution is 2.20. The third kappa shape index (κ3) is 4.90. The molecule has 2 rings (SSSR count). The smallest absolute Gasteiger partial charge is 0.339 e. The van der Waals surface area contributed by atoms with Crippen molar-refractivity contribution in [2.24, 2.45) is 0 Å². The number of rotatable bonds is 6. The summed E-state index contributed by atoms with van der Waals surface area (Å²) in [6.45, 7) is 3.71. The van der Waals surface area contributed by atoms with E-state index in [-0.39, 0.29) is 17.9 Å². The van der Waals surface area contributed by atoms with Crippen molar-refractivity contribution in [2.75, 3.05) is 19.5 Å². The second kappa shape index (κ2) is 8.09. The largest absolute Gasteiger partial charge is 0.481 e. The van der Waals surface area contributed by atoms with Gasteiger partial charge in [-0.2, -0.15) is 4.98 Å². The zero-order valence-electron chi connectivity index (χ0n) is 14.4. The van der Waals surface area contributed by atoms with E-state index in [2.05, 4.69) is 20.0 Å². The van der Waals surface area contributed by atoms with E-state index in [1.165, 1.54) is 44.7 Å². The topological polar surface area (TPSA) is 99.6 Å². The van der Waals surface area contributed by atoms with Crippen LogP contribution in [-0.4, -0.2) is 42.2 Å². The van der Waals surface area contributed by atoms with Crippen LogP contribution in [-0.2, 0) is 4.74 Å². The normalized spacial score (nSPS) is 10.3. The van der Waals surface area contributed by atoms with E-state index in [0.29, 0.717) is 16.9 Å². The lowest BCUT2D eigenvalue weighted by Gasteiger charge is -2.12. The van der Waals surface area contributed by atoms with Gasteiger partial charge in [0.05, 0.1) is 31.5 Å². The van der Waals surface area contributed by atoms with E-state index in [9.17, 15) is 9.59 Å². The molecule has 0 atom stereocenters. The Hall–Kier alpha value is -3.16. The number of hydrogen-bond acceptors (Lipinski definition) is 7. The maximum atomic E-state index is 12.4. The summed E-state index contributed by atoms with van der Waals surface area (Å²) >= 11 is 0. The van der Waals surface area contributed by atoms with E-state index >= 15 is 0 Å².